The molecule has 1 rings (SSSR count). The minimum atomic E-state index is -0.209. The second-order valence-electron chi connectivity index (χ2n) is 7.79. The lowest BCUT2D eigenvalue weighted by Crippen LogP contribution is -2.14. The van der Waals surface area contributed by atoms with Gasteiger partial charge >= 0.3 is 5.97 Å². The zero-order valence-corrected chi connectivity index (χ0v) is 16.3. The first kappa shape index (κ1) is 20.5. The van der Waals surface area contributed by atoms with Crippen LogP contribution in [0, 0.1) is 13.8 Å². The van der Waals surface area contributed by atoms with Crippen molar-refractivity contribution in [2.24, 2.45) is 0 Å². The van der Waals surface area contributed by atoms with Crippen LogP contribution in [-0.2, 0) is 10.2 Å². The van der Waals surface area contributed by atoms with Crippen molar-refractivity contribution in [3.05, 3.63) is 22.8 Å². The molecule has 0 saturated carbocycles. The molecule has 0 atom stereocenters. The molecule has 0 aromatic heterocycles. The Kier molecular flexibility index (Phi) is 7.78. The highest BCUT2D eigenvalue weighted by Crippen LogP contribution is 2.39. The summed E-state index contributed by atoms with van der Waals surface area (Å²) in [7, 11) is 0. The van der Waals surface area contributed by atoms with Crippen LogP contribution < -0.4 is 4.74 Å². The number of unbranched alkanes of at least 4 members (excludes halogenated alkanes) is 5. The van der Waals surface area contributed by atoms with Gasteiger partial charge in [-0.25, -0.2) is 0 Å². The monoisotopic (exact) mass is 334 g/mol. The minimum Gasteiger partial charge on any atom is -0.507 e. The van der Waals surface area contributed by atoms with Crippen molar-refractivity contribution >= 4 is 5.97 Å². The first-order chi connectivity index (χ1) is 11.2. The average Bonchev–Trinajstić information content (AvgIpc) is 2.49. The lowest BCUT2D eigenvalue weighted by atomic mass is 9.84. The highest BCUT2D eigenvalue weighted by molar-refractivity contribution is 5.74. The first-order valence-electron chi connectivity index (χ1n) is 9.22. The maximum absolute atomic E-state index is 12.1. The smallest absolute Gasteiger partial charge is 0.311 e. The fourth-order valence-electron chi connectivity index (χ4n) is 2.90. The molecule has 136 valence electrons. The van der Waals surface area contributed by atoms with E-state index in [0.29, 0.717) is 17.7 Å². The molecule has 0 saturated heterocycles. The summed E-state index contributed by atoms with van der Waals surface area (Å²) in [4.78, 5) is 12.1. The van der Waals surface area contributed by atoms with Crippen LogP contribution in [0.4, 0.5) is 0 Å². The number of aromatic hydroxyl groups is 1. The number of carbonyl (C=O) groups excluding carboxylic acids is 1. The van der Waals surface area contributed by atoms with E-state index in [1.54, 1.807) is 0 Å². The van der Waals surface area contributed by atoms with Crippen LogP contribution in [0.1, 0.15) is 89.3 Å². The highest BCUT2D eigenvalue weighted by atomic mass is 16.5. The van der Waals surface area contributed by atoms with Gasteiger partial charge in [-0.1, -0.05) is 59.8 Å². The summed E-state index contributed by atoms with van der Waals surface area (Å²) in [6.45, 7) is 12.1. The molecule has 3 nitrogen and oxygen atoms in total. The topological polar surface area (TPSA) is 46.5 Å². The van der Waals surface area contributed by atoms with Crippen LogP contribution in [0.2, 0.25) is 0 Å². The fourth-order valence-corrected chi connectivity index (χ4v) is 2.90. The Morgan fingerprint density at radius 1 is 1.08 bits per heavy atom. The minimum absolute atomic E-state index is 0.152. The van der Waals surface area contributed by atoms with Gasteiger partial charge in [-0.2, -0.15) is 0 Å². The Morgan fingerprint density at radius 3 is 2.25 bits per heavy atom. The van der Waals surface area contributed by atoms with E-state index >= 15 is 0 Å². The molecule has 0 spiro atoms. The molecular formula is C21H34O3. The maximum atomic E-state index is 12.1. The number of rotatable bonds is 8. The second kappa shape index (κ2) is 9.10. The average molecular weight is 335 g/mol. The predicted octanol–water partition coefficient (Wildman–Crippen LogP) is 5.96. The maximum Gasteiger partial charge on any atom is 0.311 e. The van der Waals surface area contributed by atoms with Crippen LogP contribution >= 0.6 is 0 Å². The van der Waals surface area contributed by atoms with Gasteiger partial charge in [0, 0.05) is 17.5 Å². The molecule has 1 aromatic carbocycles. The van der Waals surface area contributed by atoms with Gasteiger partial charge in [0.05, 0.1) is 0 Å². The number of carbonyl (C=O) groups is 1. The largest absolute Gasteiger partial charge is 0.507 e. The molecule has 3 heteroatoms. The van der Waals surface area contributed by atoms with Crippen molar-refractivity contribution in [1.29, 1.82) is 0 Å². The predicted molar refractivity (Wildman–Crippen MR) is 99.9 cm³/mol. The number of benzene rings is 1. The summed E-state index contributed by atoms with van der Waals surface area (Å²) >= 11 is 0. The van der Waals surface area contributed by atoms with E-state index < -0.39 is 0 Å². The molecule has 0 heterocycles. The number of ether oxygens (including phenoxy) is 1. The third-order valence-corrected chi connectivity index (χ3v) is 4.43. The van der Waals surface area contributed by atoms with E-state index in [9.17, 15) is 9.90 Å². The third kappa shape index (κ3) is 5.85. The molecule has 0 radical (unpaired) electrons. The Bertz CT molecular complexity index is 553. The van der Waals surface area contributed by atoms with E-state index in [4.69, 9.17) is 4.74 Å². The first-order valence-corrected chi connectivity index (χ1v) is 9.22. The Balaban J connectivity index is 2.68. The van der Waals surface area contributed by atoms with Crippen molar-refractivity contribution in [3.8, 4) is 11.5 Å². The normalized spacial score (nSPS) is 11.6. The molecule has 1 N–H and O–H groups in total. The molecule has 0 unspecified atom stereocenters. The quantitative estimate of drug-likeness (QED) is 0.362. The van der Waals surface area contributed by atoms with Gasteiger partial charge in [-0.3, -0.25) is 4.79 Å². The van der Waals surface area contributed by atoms with Gasteiger partial charge in [0.25, 0.3) is 0 Å². The SMILES string of the molecule is CCCCCCCCC(=O)Oc1c(C)cc(C(C)(C)C)c(O)c1C. The summed E-state index contributed by atoms with van der Waals surface area (Å²) in [5.74, 6) is 0.534. The van der Waals surface area contributed by atoms with Gasteiger partial charge in [-0.15, -0.1) is 0 Å². The molecule has 0 aliphatic carbocycles. The number of esters is 1. The van der Waals surface area contributed by atoms with E-state index in [2.05, 4.69) is 27.7 Å². The molecular weight excluding hydrogens is 300 g/mol. The van der Waals surface area contributed by atoms with Crippen molar-refractivity contribution in [2.45, 2.75) is 91.9 Å². The third-order valence-electron chi connectivity index (χ3n) is 4.43. The number of hydrogen-bond donors (Lipinski definition) is 1. The summed E-state index contributed by atoms with van der Waals surface area (Å²) in [6, 6.07) is 1.93. The van der Waals surface area contributed by atoms with E-state index in [1.165, 1.54) is 25.7 Å². The molecule has 0 fully saturated rings. The van der Waals surface area contributed by atoms with E-state index in [1.807, 2.05) is 19.9 Å². The van der Waals surface area contributed by atoms with Gasteiger partial charge in [0.2, 0.25) is 0 Å². The number of phenolic OH excluding ortho intramolecular Hbond substituents is 1. The van der Waals surface area contributed by atoms with Crippen LogP contribution in [0.25, 0.3) is 0 Å². The number of aryl methyl sites for hydroxylation is 1. The molecule has 0 aliphatic rings. The Labute approximate surface area is 147 Å². The molecule has 1 aromatic rings. The summed E-state index contributed by atoms with van der Waals surface area (Å²) in [5.41, 5.74) is 2.27. The van der Waals surface area contributed by atoms with Crippen molar-refractivity contribution in [2.75, 3.05) is 0 Å². The molecule has 0 bridgehead atoms. The van der Waals surface area contributed by atoms with Gasteiger partial charge in [-0.05, 0) is 37.3 Å². The zero-order valence-electron chi connectivity index (χ0n) is 16.3. The number of phenols is 1. The van der Waals surface area contributed by atoms with Crippen molar-refractivity contribution < 1.29 is 14.6 Å². The lowest BCUT2D eigenvalue weighted by Gasteiger charge is -2.24. The fraction of sp³-hybridized carbons (Fsp3) is 0.667. The van der Waals surface area contributed by atoms with Crippen LogP contribution in [-0.4, -0.2) is 11.1 Å². The zero-order chi connectivity index (χ0) is 18.3. The number of hydrogen-bond acceptors (Lipinski definition) is 3. The standard InChI is InChI=1S/C21H34O3/c1-7-8-9-10-11-12-13-18(22)24-20-15(2)14-17(21(4,5)6)19(23)16(20)3/h14,23H,7-13H2,1-6H3. The van der Waals surface area contributed by atoms with Crippen LogP contribution in [0.15, 0.2) is 6.07 Å². The van der Waals surface area contributed by atoms with Gasteiger partial charge in [0.1, 0.15) is 11.5 Å². The highest BCUT2D eigenvalue weighted by Gasteiger charge is 2.23. The lowest BCUT2D eigenvalue weighted by molar-refractivity contribution is -0.134. The summed E-state index contributed by atoms with van der Waals surface area (Å²) in [5, 5.41) is 10.5. The van der Waals surface area contributed by atoms with Crippen molar-refractivity contribution in [3.63, 3.8) is 0 Å². The molecule has 24 heavy (non-hydrogen) atoms. The van der Waals surface area contributed by atoms with E-state index in [0.717, 1.165) is 24.0 Å². The van der Waals surface area contributed by atoms with Crippen LogP contribution in [0.5, 0.6) is 11.5 Å². The Hall–Kier alpha value is -1.51. The summed E-state index contributed by atoms with van der Waals surface area (Å²) in [6.07, 6.45) is 7.30. The van der Waals surface area contributed by atoms with E-state index in [-0.39, 0.29) is 17.1 Å². The summed E-state index contributed by atoms with van der Waals surface area (Å²) < 4.78 is 5.55. The van der Waals surface area contributed by atoms with Crippen molar-refractivity contribution in [1.82, 2.24) is 0 Å². The molecule has 0 aliphatic heterocycles. The van der Waals surface area contributed by atoms with Crippen LogP contribution in [0.3, 0.4) is 0 Å². The van der Waals surface area contributed by atoms with Gasteiger partial charge < -0.3 is 9.84 Å². The second-order valence-corrected chi connectivity index (χ2v) is 7.79. The molecule has 0 amide bonds. The Morgan fingerprint density at radius 2 is 1.67 bits per heavy atom. The van der Waals surface area contributed by atoms with Gasteiger partial charge in [0.15, 0.2) is 0 Å².